The average molecular weight is 587 g/mol. The molecule has 3 heterocycles. The van der Waals surface area contributed by atoms with Crippen LogP contribution in [0.4, 0.5) is 18.0 Å². The van der Waals surface area contributed by atoms with Crippen molar-refractivity contribution in [3.05, 3.63) is 70.4 Å². The molecule has 3 aromatic rings. The SMILES string of the molecule is CC.CC(C)(C)OC(=O)N1CCC(NC(=O)c2ccc3[nH]c4c(c3c2)CN(Cc2ccc(C(F)(F)F)cc2)CC4)CC1. The monoisotopic (exact) mass is 586 g/mol. The van der Waals surface area contributed by atoms with Crippen LogP contribution in [0.1, 0.15) is 80.2 Å². The molecule has 2 aliphatic heterocycles. The lowest BCUT2D eigenvalue weighted by Gasteiger charge is -2.33. The topological polar surface area (TPSA) is 77.7 Å². The zero-order chi connectivity index (χ0) is 30.7. The number of aromatic amines is 1. The Labute approximate surface area is 245 Å². The number of carbonyl (C=O) groups is 2. The number of rotatable bonds is 4. The van der Waals surface area contributed by atoms with Gasteiger partial charge in [0.05, 0.1) is 5.56 Å². The highest BCUT2D eigenvalue weighted by Crippen LogP contribution is 2.31. The zero-order valence-corrected chi connectivity index (χ0v) is 25.0. The molecule has 10 heteroatoms. The fourth-order valence-corrected chi connectivity index (χ4v) is 5.41. The van der Waals surface area contributed by atoms with Crippen molar-refractivity contribution in [2.45, 2.75) is 84.8 Å². The van der Waals surface area contributed by atoms with Crippen LogP contribution in [-0.4, -0.2) is 58.1 Å². The second-order valence-corrected chi connectivity index (χ2v) is 11.7. The molecule has 2 N–H and O–H groups in total. The molecule has 1 saturated heterocycles. The van der Waals surface area contributed by atoms with Crippen molar-refractivity contribution in [3.8, 4) is 0 Å². The van der Waals surface area contributed by atoms with Crippen LogP contribution in [0, 0.1) is 0 Å². The maximum Gasteiger partial charge on any atom is 0.416 e. The molecule has 0 bridgehead atoms. The number of amides is 2. The molecule has 0 aliphatic carbocycles. The van der Waals surface area contributed by atoms with Gasteiger partial charge in [-0.25, -0.2) is 4.79 Å². The van der Waals surface area contributed by atoms with Crippen molar-refractivity contribution in [1.82, 2.24) is 20.1 Å². The summed E-state index contributed by atoms with van der Waals surface area (Å²) >= 11 is 0. The largest absolute Gasteiger partial charge is 0.444 e. The molecular formula is C32H41F3N4O3. The summed E-state index contributed by atoms with van der Waals surface area (Å²) in [7, 11) is 0. The first kappa shape index (κ1) is 31.4. The molecule has 2 amide bonds. The molecule has 0 atom stereocenters. The molecule has 0 spiro atoms. The summed E-state index contributed by atoms with van der Waals surface area (Å²) in [6.07, 6.45) is -2.56. The number of hydrogen-bond donors (Lipinski definition) is 2. The van der Waals surface area contributed by atoms with Crippen molar-refractivity contribution in [3.63, 3.8) is 0 Å². The number of nitrogens with zero attached hydrogens (tertiary/aromatic N) is 2. The van der Waals surface area contributed by atoms with Gasteiger partial charge >= 0.3 is 12.3 Å². The summed E-state index contributed by atoms with van der Waals surface area (Å²) in [5.74, 6) is -0.148. The van der Waals surface area contributed by atoms with Crippen molar-refractivity contribution in [2.24, 2.45) is 0 Å². The molecule has 1 fully saturated rings. The first-order chi connectivity index (χ1) is 19.9. The van der Waals surface area contributed by atoms with E-state index in [4.69, 9.17) is 4.74 Å². The molecule has 42 heavy (non-hydrogen) atoms. The Hall–Kier alpha value is -3.53. The zero-order valence-electron chi connectivity index (χ0n) is 25.0. The van der Waals surface area contributed by atoms with E-state index < -0.39 is 17.3 Å². The Kier molecular flexibility index (Phi) is 9.55. The second kappa shape index (κ2) is 12.8. The number of carbonyl (C=O) groups excluding carboxylic acids is 2. The Morgan fingerprint density at radius 2 is 1.67 bits per heavy atom. The fourth-order valence-electron chi connectivity index (χ4n) is 5.41. The number of aromatic nitrogens is 1. The van der Waals surface area contributed by atoms with Gasteiger partial charge in [-0.3, -0.25) is 9.69 Å². The van der Waals surface area contributed by atoms with Crippen LogP contribution in [0.15, 0.2) is 42.5 Å². The first-order valence-electron chi connectivity index (χ1n) is 14.7. The van der Waals surface area contributed by atoms with Gasteiger partial charge in [-0.15, -0.1) is 0 Å². The lowest BCUT2D eigenvalue weighted by atomic mass is 10.0. The Morgan fingerprint density at radius 1 is 1.00 bits per heavy atom. The van der Waals surface area contributed by atoms with Crippen LogP contribution in [0.25, 0.3) is 10.9 Å². The van der Waals surface area contributed by atoms with Gasteiger partial charge in [0.15, 0.2) is 0 Å². The first-order valence-corrected chi connectivity index (χ1v) is 14.7. The molecule has 0 saturated carbocycles. The molecule has 2 aromatic carbocycles. The lowest BCUT2D eigenvalue weighted by molar-refractivity contribution is -0.137. The average Bonchev–Trinajstić information content (AvgIpc) is 3.30. The number of alkyl halides is 3. The standard InChI is InChI=1S/C30H35F3N4O3.C2H6/c1-29(2,3)40-28(39)37-14-10-22(11-15-37)34-27(38)20-6-9-25-23(16-20)24-18-36(13-12-26(24)35-25)17-19-4-7-21(8-5-19)30(31,32)33;1-2/h4-9,16,22,35H,10-15,17-18H2,1-3H3,(H,34,38);1-2H3. The van der Waals surface area contributed by atoms with Gasteiger partial charge in [0.1, 0.15) is 5.60 Å². The summed E-state index contributed by atoms with van der Waals surface area (Å²) < 4.78 is 44.2. The minimum Gasteiger partial charge on any atom is -0.444 e. The summed E-state index contributed by atoms with van der Waals surface area (Å²) in [5, 5.41) is 4.10. The number of hydrogen-bond acceptors (Lipinski definition) is 4. The minimum absolute atomic E-state index is 0.0266. The van der Waals surface area contributed by atoms with E-state index in [9.17, 15) is 22.8 Å². The van der Waals surface area contributed by atoms with E-state index in [2.05, 4.69) is 15.2 Å². The van der Waals surface area contributed by atoms with E-state index in [0.29, 0.717) is 44.6 Å². The third-order valence-corrected chi connectivity index (χ3v) is 7.49. The number of halogens is 3. The van der Waals surface area contributed by atoms with Gasteiger partial charge in [0, 0.05) is 67.3 Å². The highest BCUT2D eigenvalue weighted by Gasteiger charge is 2.30. The lowest BCUT2D eigenvalue weighted by Crippen LogP contribution is -2.47. The van der Waals surface area contributed by atoms with Crippen LogP contribution in [-0.2, 0) is 30.4 Å². The Morgan fingerprint density at radius 3 is 2.29 bits per heavy atom. The Balaban J connectivity index is 0.00000198. The molecule has 5 rings (SSSR count). The van der Waals surface area contributed by atoms with Gasteiger partial charge in [-0.05, 0) is 75.1 Å². The van der Waals surface area contributed by atoms with Crippen LogP contribution < -0.4 is 5.32 Å². The highest BCUT2D eigenvalue weighted by molar-refractivity contribution is 5.99. The van der Waals surface area contributed by atoms with E-state index in [-0.39, 0.29) is 18.0 Å². The molecule has 0 unspecified atom stereocenters. The summed E-state index contributed by atoms with van der Waals surface area (Å²) in [6.45, 7) is 12.6. The molecule has 7 nitrogen and oxygen atoms in total. The molecular weight excluding hydrogens is 545 g/mol. The van der Waals surface area contributed by atoms with E-state index in [1.165, 1.54) is 12.1 Å². The van der Waals surface area contributed by atoms with Crippen molar-refractivity contribution in [2.75, 3.05) is 19.6 Å². The number of fused-ring (bicyclic) bond motifs is 3. The van der Waals surface area contributed by atoms with E-state index in [1.54, 1.807) is 4.90 Å². The van der Waals surface area contributed by atoms with Gasteiger partial charge in [0.25, 0.3) is 5.91 Å². The smallest absolute Gasteiger partial charge is 0.416 e. The van der Waals surface area contributed by atoms with Crippen molar-refractivity contribution >= 4 is 22.9 Å². The minimum atomic E-state index is -4.34. The van der Waals surface area contributed by atoms with E-state index in [1.807, 2.05) is 52.8 Å². The highest BCUT2D eigenvalue weighted by atomic mass is 19.4. The van der Waals surface area contributed by atoms with Crippen LogP contribution in [0.3, 0.4) is 0 Å². The normalized spacial score (nSPS) is 16.4. The maximum atomic E-state index is 13.1. The van der Waals surface area contributed by atoms with Gasteiger partial charge < -0.3 is 19.9 Å². The third kappa shape index (κ3) is 7.65. The predicted molar refractivity (Wildman–Crippen MR) is 157 cm³/mol. The Bertz CT molecular complexity index is 1380. The van der Waals surface area contributed by atoms with Crippen LogP contribution in [0.5, 0.6) is 0 Å². The number of piperidine rings is 1. The van der Waals surface area contributed by atoms with Crippen LogP contribution in [0.2, 0.25) is 0 Å². The van der Waals surface area contributed by atoms with Crippen molar-refractivity contribution in [1.29, 1.82) is 0 Å². The third-order valence-electron chi connectivity index (χ3n) is 7.49. The summed E-state index contributed by atoms with van der Waals surface area (Å²) in [4.78, 5) is 32.8. The molecule has 228 valence electrons. The number of nitrogens with one attached hydrogen (secondary N) is 2. The number of likely N-dealkylation sites (tertiary alicyclic amines) is 1. The molecule has 2 aliphatic rings. The maximum absolute atomic E-state index is 13.1. The summed E-state index contributed by atoms with van der Waals surface area (Å²) in [5.41, 5.74) is 3.42. The predicted octanol–water partition coefficient (Wildman–Crippen LogP) is 6.90. The molecule has 0 radical (unpaired) electrons. The fraction of sp³-hybridized carbons (Fsp3) is 0.500. The van der Waals surface area contributed by atoms with Crippen LogP contribution >= 0.6 is 0 Å². The number of H-pyrrole nitrogens is 1. The van der Waals surface area contributed by atoms with Gasteiger partial charge in [-0.2, -0.15) is 13.2 Å². The second-order valence-electron chi connectivity index (χ2n) is 11.7. The number of benzene rings is 2. The number of ether oxygens (including phenoxy) is 1. The molecule has 1 aromatic heterocycles. The van der Waals surface area contributed by atoms with Gasteiger partial charge in [-0.1, -0.05) is 26.0 Å². The summed E-state index contributed by atoms with van der Waals surface area (Å²) in [6, 6.07) is 11.0. The van der Waals surface area contributed by atoms with E-state index in [0.717, 1.165) is 52.8 Å². The quantitative estimate of drug-likeness (QED) is 0.349. The van der Waals surface area contributed by atoms with Crippen molar-refractivity contribution < 1.29 is 27.5 Å². The van der Waals surface area contributed by atoms with E-state index >= 15 is 0 Å². The van der Waals surface area contributed by atoms with Gasteiger partial charge in [0.2, 0.25) is 0 Å².